The van der Waals surface area contributed by atoms with Crippen molar-refractivity contribution >= 4 is 11.5 Å². The number of ether oxygens (including phenoxy) is 1. The summed E-state index contributed by atoms with van der Waals surface area (Å²) in [5.41, 5.74) is 2.16. The predicted molar refractivity (Wildman–Crippen MR) is 97.2 cm³/mol. The molecule has 1 fully saturated rings. The fourth-order valence-corrected chi connectivity index (χ4v) is 3.01. The molecule has 0 aromatic carbocycles. The third-order valence-electron chi connectivity index (χ3n) is 4.19. The summed E-state index contributed by atoms with van der Waals surface area (Å²) in [7, 11) is 0. The quantitative estimate of drug-likeness (QED) is 0.731. The van der Waals surface area contributed by atoms with Gasteiger partial charge in [-0.15, -0.1) is 0 Å². The molecule has 0 amide bonds. The molecule has 4 rings (SSSR count). The number of imidazole rings is 1. The molecule has 0 radical (unpaired) electrons. The Hall–Kier alpha value is -2.74. The number of rotatable bonds is 5. The van der Waals surface area contributed by atoms with E-state index in [1.807, 2.05) is 38.1 Å². The molecule has 2 atom stereocenters. The lowest BCUT2D eigenvalue weighted by Crippen LogP contribution is -2.29. The fourth-order valence-electron chi connectivity index (χ4n) is 3.01. The van der Waals surface area contributed by atoms with E-state index in [2.05, 4.69) is 25.7 Å². The Kier molecular flexibility index (Phi) is 4.42. The summed E-state index contributed by atoms with van der Waals surface area (Å²) < 4.78 is 21.2. The van der Waals surface area contributed by atoms with Gasteiger partial charge in [0, 0.05) is 19.2 Å². The number of halogens is 1. The largest absolute Gasteiger partial charge is 0.489 e. The summed E-state index contributed by atoms with van der Waals surface area (Å²) in [6, 6.07) is 7.18. The van der Waals surface area contributed by atoms with Gasteiger partial charge >= 0.3 is 0 Å². The monoisotopic (exact) mass is 356 g/mol. The molecule has 26 heavy (non-hydrogen) atoms. The van der Waals surface area contributed by atoms with Crippen LogP contribution in [0.3, 0.4) is 0 Å². The molecule has 0 saturated carbocycles. The van der Waals surface area contributed by atoms with E-state index in [0.717, 1.165) is 5.69 Å². The van der Waals surface area contributed by atoms with E-state index in [4.69, 9.17) is 4.74 Å². The van der Waals surface area contributed by atoms with Crippen LogP contribution in [0.2, 0.25) is 0 Å². The molecule has 3 aromatic heterocycles. The molecule has 2 N–H and O–H groups in total. The highest BCUT2D eigenvalue weighted by Gasteiger charge is 2.26. The van der Waals surface area contributed by atoms with Gasteiger partial charge < -0.3 is 15.4 Å². The van der Waals surface area contributed by atoms with Crippen molar-refractivity contribution in [3.63, 3.8) is 0 Å². The number of hydrogen-bond acceptors (Lipinski definition) is 6. The van der Waals surface area contributed by atoms with Gasteiger partial charge in [-0.25, -0.2) is 18.9 Å². The van der Waals surface area contributed by atoms with Crippen LogP contribution in [0.15, 0.2) is 36.7 Å². The smallest absolute Gasteiger partial charge is 0.157 e. The SMILES string of the molecule is CC(C)Oc1cnn2c(-c3cccc(N[C@H]4CNC[C@@H]4F)n3)cnc2c1. The number of nitrogens with one attached hydrogen (secondary N) is 2. The highest BCUT2D eigenvalue weighted by atomic mass is 19.1. The first-order chi connectivity index (χ1) is 12.6. The number of aromatic nitrogens is 4. The molecule has 7 nitrogen and oxygen atoms in total. The Bertz CT molecular complexity index is 912. The summed E-state index contributed by atoms with van der Waals surface area (Å²) in [4.78, 5) is 8.99. The van der Waals surface area contributed by atoms with E-state index in [1.54, 1.807) is 16.9 Å². The van der Waals surface area contributed by atoms with Gasteiger partial charge in [-0.2, -0.15) is 5.10 Å². The van der Waals surface area contributed by atoms with Gasteiger partial charge in [-0.05, 0) is 26.0 Å². The lowest BCUT2D eigenvalue weighted by atomic mass is 10.2. The molecule has 0 spiro atoms. The zero-order chi connectivity index (χ0) is 18.1. The van der Waals surface area contributed by atoms with Gasteiger partial charge in [0.2, 0.25) is 0 Å². The first-order valence-electron chi connectivity index (χ1n) is 8.69. The van der Waals surface area contributed by atoms with Crippen molar-refractivity contribution in [1.29, 1.82) is 0 Å². The Balaban J connectivity index is 1.62. The molecule has 8 heteroatoms. The minimum Gasteiger partial charge on any atom is -0.489 e. The summed E-state index contributed by atoms with van der Waals surface area (Å²) >= 11 is 0. The van der Waals surface area contributed by atoms with Crippen molar-refractivity contribution in [3.8, 4) is 17.1 Å². The van der Waals surface area contributed by atoms with Crippen molar-refractivity contribution in [3.05, 3.63) is 36.7 Å². The van der Waals surface area contributed by atoms with Crippen molar-refractivity contribution < 1.29 is 9.13 Å². The minimum absolute atomic E-state index is 0.0718. The minimum atomic E-state index is -0.919. The third kappa shape index (κ3) is 3.32. The maximum absolute atomic E-state index is 13.8. The molecule has 4 heterocycles. The normalized spacial score (nSPS) is 20.0. The van der Waals surface area contributed by atoms with E-state index < -0.39 is 6.17 Å². The lowest BCUT2D eigenvalue weighted by Gasteiger charge is -2.15. The number of fused-ring (bicyclic) bond motifs is 1. The van der Waals surface area contributed by atoms with Crippen LogP contribution in [0.25, 0.3) is 17.0 Å². The van der Waals surface area contributed by atoms with Crippen molar-refractivity contribution in [1.82, 2.24) is 24.9 Å². The van der Waals surface area contributed by atoms with Gasteiger partial charge in [-0.3, -0.25) is 0 Å². The van der Waals surface area contributed by atoms with Crippen LogP contribution in [0.4, 0.5) is 10.2 Å². The first-order valence-corrected chi connectivity index (χ1v) is 8.69. The molecule has 0 bridgehead atoms. The summed E-state index contributed by atoms with van der Waals surface area (Å²) in [5, 5.41) is 10.6. The number of anilines is 1. The van der Waals surface area contributed by atoms with Gasteiger partial charge in [0.15, 0.2) is 5.65 Å². The van der Waals surface area contributed by atoms with E-state index in [0.29, 0.717) is 36.0 Å². The van der Waals surface area contributed by atoms with Gasteiger partial charge in [-0.1, -0.05) is 6.07 Å². The zero-order valence-corrected chi connectivity index (χ0v) is 14.7. The maximum atomic E-state index is 13.8. The Morgan fingerprint density at radius 1 is 1.31 bits per heavy atom. The Labute approximate surface area is 150 Å². The molecule has 3 aromatic rings. The summed E-state index contributed by atoms with van der Waals surface area (Å²) in [6.45, 7) is 4.88. The van der Waals surface area contributed by atoms with Crippen molar-refractivity contribution in [2.24, 2.45) is 0 Å². The second kappa shape index (κ2) is 6.87. The third-order valence-corrected chi connectivity index (χ3v) is 4.19. The number of nitrogens with zero attached hydrogens (tertiary/aromatic N) is 4. The van der Waals surface area contributed by atoms with Crippen LogP contribution in [0.1, 0.15) is 13.8 Å². The first kappa shape index (κ1) is 16.7. The Morgan fingerprint density at radius 3 is 2.96 bits per heavy atom. The average molecular weight is 356 g/mol. The zero-order valence-electron chi connectivity index (χ0n) is 14.7. The molecular formula is C18H21FN6O. The summed E-state index contributed by atoms with van der Waals surface area (Å²) in [6.07, 6.45) is 2.54. The van der Waals surface area contributed by atoms with E-state index in [9.17, 15) is 4.39 Å². The van der Waals surface area contributed by atoms with Crippen molar-refractivity contribution in [2.75, 3.05) is 18.4 Å². The topological polar surface area (TPSA) is 76.4 Å². The van der Waals surface area contributed by atoms with E-state index in [1.165, 1.54) is 0 Å². The second-order valence-corrected chi connectivity index (χ2v) is 6.60. The highest BCUT2D eigenvalue weighted by molar-refractivity contribution is 5.61. The van der Waals surface area contributed by atoms with Crippen LogP contribution in [0.5, 0.6) is 5.75 Å². The van der Waals surface area contributed by atoms with Crippen molar-refractivity contribution in [2.45, 2.75) is 32.2 Å². The number of alkyl halides is 1. The second-order valence-electron chi connectivity index (χ2n) is 6.60. The van der Waals surface area contributed by atoms with E-state index in [-0.39, 0.29) is 12.1 Å². The molecule has 0 unspecified atom stereocenters. The predicted octanol–water partition coefficient (Wildman–Crippen LogP) is 2.30. The molecule has 1 aliphatic heterocycles. The molecule has 1 aliphatic rings. The average Bonchev–Trinajstić information content (AvgIpc) is 3.21. The van der Waals surface area contributed by atoms with Crippen LogP contribution >= 0.6 is 0 Å². The maximum Gasteiger partial charge on any atom is 0.157 e. The number of hydrogen-bond donors (Lipinski definition) is 2. The van der Waals surface area contributed by atoms with Gasteiger partial charge in [0.05, 0.1) is 30.2 Å². The molecule has 1 saturated heterocycles. The molecule has 136 valence electrons. The van der Waals surface area contributed by atoms with Crippen LogP contribution in [-0.4, -0.2) is 51.0 Å². The van der Waals surface area contributed by atoms with Crippen LogP contribution in [0, 0.1) is 0 Å². The van der Waals surface area contributed by atoms with E-state index >= 15 is 0 Å². The number of pyridine rings is 1. The van der Waals surface area contributed by atoms with Gasteiger partial charge in [0.1, 0.15) is 23.4 Å². The molecule has 0 aliphatic carbocycles. The molecular weight excluding hydrogens is 335 g/mol. The highest BCUT2D eigenvalue weighted by Crippen LogP contribution is 2.22. The van der Waals surface area contributed by atoms with Crippen LogP contribution < -0.4 is 15.4 Å². The van der Waals surface area contributed by atoms with Gasteiger partial charge in [0.25, 0.3) is 0 Å². The standard InChI is InChI=1S/C18H21FN6O/c1-11(2)26-12-6-18-21-10-16(25(18)22-7-12)14-4-3-5-17(23-14)24-15-9-20-8-13(15)19/h3-7,10-11,13,15,20H,8-9H2,1-2H3,(H,23,24)/t13-,15-/m0/s1. The Morgan fingerprint density at radius 2 is 2.19 bits per heavy atom. The summed E-state index contributed by atoms with van der Waals surface area (Å²) in [5.74, 6) is 1.31. The van der Waals surface area contributed by atoms with Crippen LogP contribution in [-0.2, 0) is 0 Å². The fraction of sp³-hybridized carbons (Fsp3) is 0.389. The lowest BCUT2D eigenvalue weighted by molar-refractivity contribution is 0.241.